The maximum atomic E-state index is 11.0. The lowest BCUT2D eigenvalue weighted by Gasteiger charge is -2.37. The van der Waals surface area contributed by atoms with Gasteiger partial charge in [-0.15, -0.1) is 0 Å². The van der Waals surface area contributed by atoms with Crippen molar-refractivity contribution in [2.24, 2.45) is 11.7 Å². The van der Waals surface area contributed by atoms with Gasteiger partial charge in [0, 0.05) is 6.04 Å². The van der Waals surface area contributed by atoms with Crippen LogP contribution in [-0.2, 0) is 16.0 Å². The van der Waals surface area contributed by atoms with Gasteiger partial charge in [-0.05, 0) is 61.4 Å². The molecule has 1 saturated carbocycles. The first-order valence-corrected chi connectivity index (χ1v) is 10.6. The van der Waals surface area contributed by atoms with Crippen molar-refractivity contribution in [3.05, 3.63) is 29.3 Å². The second-order valence-electron chi connectivity index (χ2n) is 8.20. The highest BCUT2D eigenvalue weighted by atomic mass is 19.4. The number of carboxylic acid groups (broad SMARTS) is 1. The van der Waals surface area contributed by atoms with Gasteiger partial charge in [-0.25, -0.2) is 4.79 Å². The van der Waals surface area contributed by atoms with Crippen molar-refractivity contribution in [1.29, 1.82) is 0 Å². The fourth-order valence-corrected chi connectivity index (χ4v) is 4.54. The lowest BCUT2D eigenvalue weighted by Crippen LogP contribution is -2.37. The Kier molecular flexibility index (Phi) is 9.15. The number of aryl methyl sites for hydroxylation is 1. The summed E-state index contributed by atoms with van der Waals surface area (Å²) in [5, 5.41) is 10.7. The van der Waals surface area contributed by atoms with Crippen LogP contribution < -0.4 is 15.8 Å². The number of halogens is 3. The number of nitrogens with one attached hydrogen (secondary N) is 1. The van der Waals surface area contributed by atoms with E-state index in [0.717, 1.165) is 18.1 Å². The summed E-state index contributed by atoms with van der Waals surface area (Å²) in [7, 11) is 2.08. The van der Waals surface area contributed by atoms with E-state index in [4.69, 9.17) is 20.4 Å². The summed E-state index contributed by atoms with van der Waals surface area (Å²) in [4.78, 5) is 19.9. The fraction of sp³-hybridized carbons (Fsp3) is 0.636. The number of nitrogens with two attached hydrogens (primary N) is 1. The minimum Gasteiger partial charge on any atom is -0.484 e. The number of rotatable bonds is 6. The van der Waals surface area contributed by atoms with E-state index in [1.54, 1.807) is 0 Å². The van der Waals surface area contributed by atoms with Gasteiger partial charge in [0.05, 0.1) is 0 Å². The van der Waals surface area contributed by atoms with Crippen LogP contribution in [0.5, 0.6) is 5.75 Å². The number of amides is 1. The van der Waals surface area contributed by atoms with E-state index < -0.39 is 18.1 Å². The molecule has 1 amide bonds. The Morgan fingerprint density at radius 2 is 1.84 bits per heavy atom. The molecule has 2 aliphatic carbocycles. The molecular weight excluding hydrogens is 413 g/mol. The molecule has 0 saturated heterocycles. The number of carbonyl (C=O) groups is 2. The molecule has 0 radical (unpaired) electrons. The summed E-state index contributed by atoms with van der Waals surface area (Å²) in [5.74, 6) is -1.04. The largest absolute Gasteiger partial charge is 0.490 e. The number of hydrogen-bond acceptors (Lipinski definition) is 4. The van der Waals surface area contributed by atoms with Crippen molar-refractivity contribution < 1.29 is 32.6 Å². The van der Waals surface area contributed by atoms with Gasteiger partial charge < -0.3 is 20.9 Å². The zero-order valence-electron chi connectivity index (χ0n) is 17.7. The lowest BCUT2D eigenvalue weighted by molar-refractivity contribution is -0.192. The molecule has 2 aliphatic rings. The van der Waals surface area contributed by atoms with E-state index in [9.17, 15) is 18.0 Å². The lowest BCUT2D eigenvalue weighted by atomic mass is 9.72. The van der Waals surface area contributed by atoms with Crippen molar-refractivity contribution in [1.82, 2.24) is 5.32 Å². The molecular formula is C22H31F3N2O4. The molecule has 0 spiro atoms. The molecule has 174 valence electrons. The van der Waals surface area contributed by atoms with Crippen molar-refractivity contribution in [2.75, 3.05) is 13.7 Å². The first kappa shape index (κ1) is 25.0. The monoisotopic (exact) mass is 444 g/mol. The third kappa shape index (κ3) is 7.72. The number of carboxylic acids is 1. The van der Waals surface area contributed by atoms with Gasteiger partial charge in [0.2, 0.25) is 0 Å². The third-order valence-electron chi connectivity index (χ3n) is 6.03. The van der Waals surface area contributed by atoms with E-state index in [-0.39, 0.29) is 6.61 Å². The Morgan fingerprint density at radius 3 is 2.39 bits per heavy atom. The normalized spacial score (nSPS) is 21.4. The number of benzene rings is 1. The van der Waals surface area contributed by atoms with Crippen molar-refractivity contribution in [2.45, 2.75) is 69.5 Å². The van der Waals surface area contributed by atoms with Crippen molar-refractivity contribution >= 4 is 11.9 Å². The molecule has 1 aromatic rings. The van der Waals surface area contributed by atoms with Gasteiger partial charge in [0.15, 0.2) is 6.61 Å². The molecule has 1 aromatic carbocycles. The van der Waals surface area contributed by atoms with Crippen LogP contribution in [-0.4, -0.2) is 42.9 Å². The number of fused-ring (bicyclic) bond motifs is 1. The first-order chi connectivity index (χ1) is 14.6. The quantitative estimate of drug-likeness (QED) is 0.620. The van der Waals surface area contributed by atoms with Gasteiger partial charge in [-0.1, -0.05) is 38.2 Å². The molecule has 0 bridgehead atoms. The summed E-state index contributed by atoms with van der Waals surface area (Å²) in [6.07, 6.45) is 5.41. The summed E-state index contributed by atoms with van der Waals surface area (Å²) in [5.41, 5.74) is 8.05. The Labute approximate surface area is 180 Å². The molecule has 4 N–H and O–H groups in total. The third-order valence-corrected chi connectivity index (χ3v) is 6.03. The fourth-order valence-electron chi connectivity index (χ4n) is 4.54. The number of aliphatic carboxylic acids is 1. The van der Waals surface area contributed by atoms with Gasteiger partial charge in [0.1, 0.15) is 5.75 Å². The SMILES string of the molecule is CNC1CCc2ccc(OCC(N)=O)cc2C1CC1CCCCC1.O=C(O)C(F)(F)F. The second-order valence-corrected chi connectivity index (χ2v) is 8.20. The van der Waals surface area contributed by atoms with Crippen molar-refractivity contribution in [3.63, 3.8) is 0 Å². The molecule has 2 unspecified atom stereocenters. The summed E-state index contributed by atoms with van der Waals surface area (Å²) in [6, 6.07) is 6.82. The van der Waals surface area contributed by atoms with Crippen molar-refractivity contribution in [3.8, 4) is 5.75 Å². The predicted octanol–water partition coefficient (Wildman–Crippen LogP) is 3.77. The minimum absolute atomic E-state index is 0.0540. The Bertz CT molecular complexity index is 749. The van der Waals surface area contributed by atoms with Crippen LogP contribution in [0.3, 0.4) is 0 Å². The van der Waals surface area contributed by atoms with E-state index in [1.807, 2.05) is 6.07 Å². The van der Waals surface area contributed by atoms with Crippen LogP contribution in [0, 0.1) is 5.92 Å². The second kappa shape index (κ2) is 11.4. The van der Waals surface area contributed by atoms with E-state index >= 15 is 0 Å². The van der Waals surface area contributed by atoms with Crippen LogP contribution in [0.1, 0.15) is 62.0 Å². The maximum Gasteiger partial charge on any atom is 0.490 e. The highest BCUT2D eigenvalue weighted by Gasteiger charge is 2.38. The van der Waals surface area contributed by atoms with E-state index in [2.05, 4.69) is 24.5 Å². The number of ether oxygens (including phenoxy) is 1. The van der Waals surface area contributed by atoms with Crippen LogP contribution in [0.15, 0.2) is 18.2 Å². The number of carbonyl (C=O) groups excluding carboxylic acids is 1. The van der Waals surface area contributed by atoms with Gasteiger partial charge in [-0.2, -0.15) is 13.2 Å². The molecule has 0 aromatic heterocycles. The smallest absolute Gasteiger partial charge is 0.484 e. The predicted molar refractivity (Wildman–Crippen MR) is 110 cm³/mol. The number of hydrogen-bond donors (Lipinski definition) is 3. The minimum atomic E-state index is -5.08. The average Bonchev–Trinajstić information content (AvgIpc) is 2.73. The zero-order valence-corrected chi connectivity index (χ0v) is 17.7. The Hall–Kier alpha value is -2.29. The molecule has 31 heavy (non-hydrogen) atoms. The first-order valence-electron chi connectivity index (χ1n) is 10.6. The highest BCUT2D eigenvalue weighted by molar-refractivity contribution is 5.75. The summed E-state index contributed by atoms with van der Waals surface area (Å²) < 4.78 is 37.3. The summed E-state index contributed by atoms with van der Waals surface area (Å²) in [6.45, 7) is -0.0540. The standard InChI is InChI=1S/C20H30N2O2.C2HF3O2/c1-22-19-10-8-15-7-9-16(24-13-20(21)23)12-17(15)18(19)11-14-5-3-2-4-6-14;3-2(4,5)1(6)7/h7,9,12,14,18-19,22H,2-6,8,10-11,13H2,1H3,(H2,21,23);(H,6,7). The highest BCUT2D eigenvalue weighted by Crippen LogP contribution is 2.41. The molecule has 9 heteroatoms. The molecule has 1 fully saturated rings. The van der Waals surface area contributed by atoms with Gasteiger partial charge in [-0.3, -0.25) is 4.79 Å². The molecule has 0 aliphatic heterocycles. The summed E-state index contributed by atoms with van der Waals surface area (Å²) >= 11 is 0. The number of primary amides is 1. The van der Waals surface area contributed by atoms with Crippen LogP contribution in [0.25, 0.3) is 0 Å². The topological polar surface area (TPSA) is 102 Å². The van der Waals surface area contributed by atoms with Crippen LogP contribution in [0.2, 0.25) is 0 Å². The van der Waals surface area contributed by atoms with E-state index in [1.165, 1.54) is 56.1 Å². The molecule has 3 rings (SSSR count). The van der Waals surface area contributed by atoms with Gasteiger partial charge in [0.25, 0.3) is 5.91 Å². The molecule has 2 atom stereocenters. The molecule has 0 heterocycles. The number of alkyl halides is 3. The maximum absolute atomic E-state index is 11.0. The van der Waals surface area contributed by atoms with E-state index in [0.29, 0.717) is 12.0 Å². The zero-order chi connectivity index (χ0) is 23.0. The van der Waals surface area contributed by atoms with Gasteiger partial charge >= 0.3 is 12.1 Å². The number of likely N-dealkylation sites (N-methyl/N-ethyl adjacent to an activating group) is 1. The Morgan fingerprint density at radius 1 is 1.19 bits per heavy atom. The van der Waals surface area contributed by atoms with Crippen LogP contribution >= 0.6 is 0 Å². The average molecular weight is 444 g/mol. The van der Waals surface area contributed by atoms with Crippen LogP contribution in [0.4, 0.5) is 13.2 Å². The Balaban J connectivity index is 0.000000423. The molecule has 6 nitrogen and oxygen atoms in total.